The first-order chi connectivity index (χ1) is 11.7. The fraction of sp³-hybridized carbons (Fsp3) is 0.250. The Morgan fingerprint density at radius 2 is 1.88 bits per heavy atom. The lowest BCUT2D eigenvalue weighted by molar-refractivity contribution is 0.401. The minimum absolute atomic E-state index is 0.200. The lowest BCUT2D eigenvalue weighted by atomic mass is 10.1. The van der Waals surface area contributed by atoms with Gasteiger partial charge in [-0.1, -0.05) is 48.0 Å². The van der Waals surface area contributed by atoms with Gasteiger partial charge in [0, 0.05) is 29.1 Å². The normalized spacial score (nSPS) is 12.1. The van der Waals surface area contributed by atoms with Gasteiger partial charge in [-0.25, -0.2) is 4.98 Å². The number of rotatable bonds is 6. The second-order valence-corrected chi connectivity index (χ2v) is 6.71. The summed E-state index contributed by atoms with van der Waals surface area (Å²) in [6.07, 6.45) is 0. The summed E-state index contributed by atoms with van der Waals surface area (Å²) in [5.74, 6) is 0.913. The van der Waals surface area contributed by atoms with E-state index in [9.17, 15) is 0 Å². The van der Waals surface area contributed by atoms with Crippen LogP contribution in [0.2, 0.25) is 0 Å². The maximum atomic E-state index is 5.44. The Morgan fingerprint density at radius 1 is 1.12 bits per heavy atom. The Kier molecular flexibility index (Phi) is 5.28. The van der Waals surface area contributed by atoms with E-state index in [1.165, 1.54) is 11.1 Å². The van der Waals surface area contributed by atoms with Gasteiger partial charge in [-0.3, -0.25) is 0 Å². The number of ether oxygens (including phenoxy) is 1. The fourth-order valence-electron chi connectivity index (χ4n) is 2.61. The van der Waals surface area contributed by atoms with E-state index < -0.39 is 0 Å². The molecule has 0 bridgehead atoms. The summed E-state index contributed by atoms with van der Waals surface area (Å²) in [6, 6.07) is 16.8. The van der Waals surface area contributed by atoms with Crippen molar-refractivity contribution >= 4 is 11.3 Å². The van der Waals surface area contributed by atoms with Gasteiger partial charge in [-0.05, 0) is 19.9 Å². The van der Waals surface area contributed by atoms with Crippen molar-refractivity contribution in [3.05, 3.63) is 70.7 Å². The molecule has 1 aromatic heterocycles. The zero-order valence-electron chi connectivity index (χ0n) is 14.2. The number of methoxy groups -OCH3 is 1. The molecule has 124 valence electrons. The summed E-state index contributed by atoms with van der Waals surface area (Å²) in [7, 11) is 1.71. The predicted molar refractivity (Wildman–Crippen MR) is 101 cm³/mol. The van der Waals surface area contributed by atoms with Crippen LogP contribution >= 0.6 is 11.3 Å². The van der Waals surface area contributed by atoms with Gasteiger partial charge in [-0.2, -0.15) is 0 Å². The molecule has 0 aliphatic carbocycles. The van der Waals surface area contributed by atoms with Crippen molar-refractivity contribution < 1.29 is 4.74 Å². The highest BCUT2D eigenvalue weighted by molar-refractivity contribution is 7.13. The third kappa shape index (κ3) is 3.83. The summed E-state index contributed by atoms with van der Waals surface area (Å²) in [5, 5.41) is 6.72. The first-order valence-electron chi connectivity index (χ1n) is 8.05. The van der Waals surface area contributed by atoms with E-state index in [2.05, 4.69) is 54.9 Å². The van der Waals surface area contributed by atoms with Crippen LogP contribution in [0.25, 0.3) is 10.6 Å². The standard InChI is InChI=1S/C20H22N2OS/c1-14-8-10-16(11-9-14)20-22-17(13-24-20)12-21-15(2)18-6-4-5-7-19(18)23-3/h4-11,13,15,21H,12H2,1-3H3. The van der Waals surface area contributed by atoms with E-state index in [0.29, 0.717) is 0 Å². The molecular formula is C20H22N2OS. The highest BCUT2D eigenvalue weighted by Gasteiger charge is 2.11. The molecule has 0 saturated heterocycles. The van der Waals surface area contributed by atoms with E-state index >= 15 is 0 Å². The molecule has 0 fully saturated rings. The molecule has 3 aromatic rings. The van der Waals surface area contributed by atoms with Gasteiger partial charge >= 0.3 is 0 Å². The molecule has 3 nitrogen and oxygen atoms in total. The van der Waals surface area contributed by atoms with Crippen molar-refractivity contribution in [1.29, 1.82) is 0 Å². The van der Waals surface area contributed by atoms with Gasteiger partial charge in [0.25, 0.3) is 0 Å². The maximum absolute atomic E-state index is 5.44. The van der Waals surface area contributed by atoms with Crippen molar-refractivity contribution in [3.8, 4) is 16.3 Å². The summed E-state index contributed by atoms with van der Waals surface area (Å²) < 4.78 is 5.44. The molecule has 4 heteroatoms. The number of para-hydroxylation sites is 1. The monoisotopic (exact) mass is 338 g/mol. The number of aromatic nitrogens is 1. The van der Waals surface area contributed by atoms with Crippen LogP contribution in [0.1, 0.15) is 29.8 Å². The van der Waals surface area contributed by atoms with E-state index in [0.717, 1.165) is 28.6 Å². The number of aryl methyl sites for hydroxylation is 1. The average molecular weight is 338 g/mol. The summed E-state index contributed by atoms with van der Waals surface area (Å²) >= 11 is 1.69. The predicted octanol–water partition coefficient (Wildman–Crippen LogP) is 4.98. The van der Waals surface area contributed by atoms with Gasteiger partial charge in [0.2, 0.25) is 0 Å². The van der Waals surface area contributed by atoms with E-state index in [1.54, 1.807) is 18.4 Å². The first-order valence-corrected chi connectivity index (χ1v) is 8.93. The van der Waals surface area contributed by atoms with Gasteiger partial charge in [-0.15, -0.1) is 11.3 Å². The second kappa shape index (κ2) is 7.60. The van der Waals surface area contributed by atoms with Crippen LogP contribution in [-0.4, -0.2) is 12.1 Å². The molecule has 3 rings (SSSR count). The first kappa shape index (κ1) is 16.7. The zero-order chi connectivity index (χ0) is 16.9. The number of thiazole rings is 1. The number of hydrogen-bond donors (Lipinski definition) is 1. The Morgan fingerprint density at radius 3 is 2.62 bits per heavy atom. The van der Waals surface area contributed by atoms with Crippen LogP contribution in [0.4, 0.5) is 0 Å². The SMILES string of the molecule is COc1ccccc1C(C)NCc1csc(-c2ccc(C)cc2)n1. The largest absolute Gasteiger partial charge is 0.496 e. The van der Waals surface area contributed by atoms with E-state index in [-0.39, 0.29) is 6.04 Å². The summed E-state index contributed by atoms with van der Waals surface area (Å²) in [6.45, 7) is 4.98. The molecule has 2 aromatic carbocycles. The number of nitrogens with one attached hydrogen (secondary N) is 1. The van der Waals surface area contributed by atoms with E-state index in [4.69, 9.17) is 9.72 Å². The van der Waals surface area contributed by atoms with Crippen molar-refractivity contribution in [2.75, 3.05) is 7.11 Å². The highest BCUT2D eigenvalue weighted by Crippen LogP contribution is 2.26. The number of hydrogen-bond acceptors (Lipinski definition) is 4. The lowest BCUT2D eigenvalue weighted by Crippen LogP contribution is -2.18. The van der Waals surface area contributed by atoms with Crippen molar-refractivity contribution in [1.82, 2.24) is 10.3 Å². The third-order valence-electron chi connectivity index (χ3n) is 4.05. The summed E-state index contributed by atoms with van der Waals surface area (Å²) in [4.78, 5) is 4.74. The molecule has 0 amide bonds. The van der Waals surface area contributed by atoms with Gasteiger partial charge in [0.15, 0.2) is 0 Å². The number of nitrogens with zero attached hydrogens (tertiary/aromatic N) is 1. The molecule has 24 heavy (non-hydrogen) atoms. The quantitative estimate of drug-likeness (QED) is 0.688. The van der Waals surface area contributed by atoms with Crippen molar-refractivity contribution in [2.45, 2.75) is 26.4 Å². The topological polar surface area (TPSA) is 34.1 Å². The maximum Gasteiger partial charge on any atom is 0.123 e. The molecule has 0 saturated carbocycles. The third-order valence-corrected chi connectivity index (χ3v) is 4.99. The van der Waals surface area contributed by atoms with Crippen LogP contribution < -0.4 is 10.1 Å². The average Bonchev–Trinajstić information content (AvgIpc) is 3.09. The molecule has 0 radical (unpaired) electrons. The number of benzene rings is 2. The second-order valence-electron chi connectivity index (χ2n) is 5.85. The van der Waals surface area contributed by atoms with Crippen LogP contribution in [0, 0.1) is 6.92 Å². The smallest absolute Gasteiger partial charge is 0.123 e. The van der Waals surface area contributed by atoms with Gasteiger partial charge in [0.1, 0.15) is 10.8 Å². The lowest BCUT2D eigenvalue weighted by Gasteiger charge is -2.16. The van der Waals surface area contributed by atoms with Crippen LogP contribution in [0.5, 0.6) is 5.75 Å². The Bertz CT molecular complexity index is 795. The molecular weight excluding hydrogens is 316 g/mol. The Hall–Kier alpha value is -2.17. The molecule has 1 N–H and O–H groups in total. The minimum Gasteiger partial charge on any atom is -0.496 e. The van der Waals surface area contributed by atoms with Crippen molar-refractivity contribution in [2.24, 2.45) is 0 Å². The summed E-state index contributed by atoms with van der Waals surface area (Å²) in [5.41, 5.74) is 4.67. The van der Waals surface area contributed by atoms with Gasteiger partial charge < -0.3 is 10.1 Å². The van der Waals surface area contributed by atoms with Gasteiger partial charge in [0.05, 0.1) is 12.8 Å². The fourth-order valence-corrected chi connectivity index (χ4v) is 3.43. The zero-order valence-corrected chi connectivity index (χ0v) is 15.1. The molecule has 1 unspecified atom stereocenters. The minimum atomic E-state index is 0.200. The van der Waals surface area contributed by atoms with Crippen LogP contribution in [0.3, 0.4) is 0 Å². The Labute approximate surface area is 147 Å². The van der Waals surface area contributed by atoms with Crippen LogP contribution in [-0.2, 0) is 6.54 Å². The highest BCUT2D eigenvalue weighted by atomic mass is 32.1. The molecule has 0 spiro atoms. The molecule has 0 aliphatic rings. The van der Waals surface area contributed by atoms with Crippen LogP contribution in [0.15, 0.2) is 53.9 Å². The molecule has 1 atom stereocenters. The molecule has 0 aliphatic heterocycles. The van der Waals surface area contributed by atoms with E-state index in [1.807, 2.05) is 18.2 Å². The van der Waals surface area contributed by atoms with Crippen molar-refractivity contribution in [3.63, 3.8) is 0 Å². The Balaban J connectivity index is 1.66. The molecule has 1 heterocycles.